The molecule has 8 nitrogen and oxygen atoms in total. The number of rotatable bonds is 11. The van der Waals surface area contributed by atoms with E-state index in [1.54, 1.807) is 16.9 Å². The highest BCUT2D eigenvalue weighted by Gasteiger charge is 2.21. The van der Waals surface area contributed by atoms with Crippen LogP contribution in [0.1, 0.15) is 44.6 Å². The van der Waals surface area contributed by atoms with E-state index in [0.29, 0.717) is 24.0 Å². The molecule has 0 aliphatic carbocycles. The van der Waals surface area contributed by atoms with Crippen molar-refractivity contribution in [2.75, 3.05) is 51.8 Å². The maximum atomic E-state index is 9.55. The number of aromatic nitrogens is 3. The number of nitriles is 1. The summed E-state index contributed by atoms with van der Waals surface area (Å²) in [6.07, 6.45) is 11.3. The number of nitrogens with zero attached hydrogens (tertiary/aromatic N) is 6. The van der Waals surface area contributed by atoms with Crippen LogP contribution in [0.3, 0.4) is 0 Å². The molecule has 0 saturated carbocycles. The summed E-state index contributed by atoms with van der Waals surface area (Å²) in [5.74, 6) is 1.69. The predicted molar refractivity (Wildman–Crippen MR) is 138 cm³/mol. The van der Waals surface area contributed by atoms with E-state index in [4.69, 9.17) is 14.5 Å². The number of piperidine rings is 1. The van der Waals surface area contributed by atoms with E-state index in [0.717, 1.165) is 68.0 Å². The number of hydrogen-bond donors (Lipinski definition) is 0. The van der Waals surface area contributed by atoms with Gasteiger partial charge in [-0.3, -0.25) is 0 Å². The largest absolute Gasteiger partial charge is 0.492 e. The fraction of sp³-hybridized carbons (Fsp3) is 0.519. The normalized spacial score (nSPS) is 14.5. The van der Waals surface area contributed by atoms with Crippen LogP contribution in [0.15, 0.2) is 36.8 Å². The first kappa shape index (κ1) is 25.0. The van der Waals surface area contributed by atoms with Crippen LogP contribution in [0, 0.1) is 11.3 Å². The summed E-state index contributed by atoms with van der Waals surface area (Å²) in [6.45, 7) is 6.41. The average Bonchev–Trinajstić information content (AvgIpc) is 3.29. The summed E-state index contributed by atoms with van der Waals surface area (Å²) < 4.78 is 13.6. The zero-order valence-corrected chi connectivity index (χ0v) is 21.1. The zero-order chi connectivity index (χ0) is 24.6. The lowest BCUT2D eigenvalue weighted by Crippen LogP contribution is -2.37. The lowest BCUT2D eigenvalue weighted by atomic mass is 10.0. The third-order valence-electron chi connectivity index (χ3n) is 6.45. The van der Waals surface area contributed by atoms with Gasteiger partial charge in [0.1, 0.15) is 17.6 Å². The Hall–Kier alpha value is -3.15. The Kier molecular flexibility index (Phi) is 8.56. The van der Waals surface area contributed by atoms with Crippen molar-refractivity contribution in [2.24, 2.45) is 0 Å². The van der Waals surface area contributed by atoms with Crippen molar-refractivity contribution < 1.29 is 9.47 Å². The minimum atomic E-state index is 0.347. The number of ether oxygens (including phenoxy) is 2. The Balaban J connectivity index is 1.36. The van der Waals surface area contributed by atoms with Gasteiger partial charge in [0.25, 0.3) is 0 Å². The van der Waals surface area contributed by atoms with Gasteiger partial charge < -0.3 is 19.3 Å². The molecule has 1 aliphatic rings. The fourth-order valence-corrected chi connectivity index (χ4v) is 4.59. The highest BCUT2D eigenvalue weighted by atomic mass is 16.5. The van der Waals surface area contributed by atoms with E-state index in [-0.39, 0.29) is 0 Å². The molecule has 1 fully saturated rings. The molecule has 3 aromatic rings. The van der Waals surface area contributed by atoms with Gasteiger partial charge in [-0.2, -0.15) is 10.4 Å². The number of fused-ring (bicyclic) bond motifs is 1. The topological polar surface area (TPSA) is 78.9 Å². The summed E-state index contributed by atoms with van der Waals surface area (Å²) in [5.41, 5.74) is 3.13. The molecule has 0 amide bonds. The van der Waals surface area contributed by atoms with Gasteiger partial charge in [-0.25, -0.2) is 9.50 Å². The molecular weight excluding hydrogens is 440 g/mol. The monoisotopic (exact) mass is 476 g/mol. The molecule has 0 radical (unpaired) electrons. The van der Waals surface area contributed by atoms with Crippen molar-refractivity contribution >= 4 is 11.3 Å². The summed E-state index contributed by atoms with van der Waals surface area (Å²) in [6, 6.07) is 8.33. The van der Waals surface area contributed by atoms with Gasteiger partial charge in [-0.1, -0.05) is 0 Å². The molecule has 186 valence electrons. The van der Waals surface area contributed by atoms with E-state index in [9.17, 15) is 5.26 Å². The van der Waals surface area contributed by atoms with Crippen LogP contribution < -0.4 is 9.64 Å². The summed E-state index contributed by atoms with van der Waals surface area (Å²) >= 11 is 0. The number of pyridine rings is 2. The van der Waals surface area contributed by atoms with Crippen LogP contribution in [0.5, 0.6) is 5.75 Å². The maximum Gasteiger partial charge on any atom is 0.138 e. The number of hydrogen-bond acceptors (Lipinski definition) is 7. The van der Waals surface area contributed by atoms with Gasteiger partial charge >= 0.3 is 0 Å². The van der Waals surface area contributed by atoms with Crippen LogP contribution in [0.25, 0.3) is 16.6 Å². The second kappa shape index (κ2) is 12.0. The van der Waals surface area contributed by atoms with E-state index in [2.05, 4.69) is 47.2 Å². The molecule has 1 aliphatic heterocycles. The van der Waals surface area contributed by atoms with Gasteiger partial charge in [0.2, 0.25) is 0 Å². The zero-order valence-electron chi connectivity index (χ0n) is 21.1. The first-order valence-electron chi connectivity index (χ1n) is 12.6. The molecule has 3 aromatic heterocycles. The smallest absolute Gasteiger partial charge is 0.138 e. The molecule has 35 heavy (non-hydrogen) atoms. The van der Waals surface area contributed by atoms with E-state index in [1.165, 1.54) is 12.8 Å². The molecular formula is C27H36N6O2. The quantitative estimate of drug-likeness (QED) is 0.380. The second-order valence-electron chi connectivity index (χ2n) is 9.31. The van der Waals surface area contributed by atoms with Crippen LogP contribution in [-0.2, 0) is 4.74 Å². The molecule has 0 atom stereocenters. The Morgan fingerprint density at radius 3 is 2.66 bits per heavy atom. The standard InChI is InChI=1S/C27H36N6O2/c1-4-34-24-16-25(27-22(17-28)19-30-33(27)20-24)21-8-9-26(29-18-21)32-13-10-23(11-14-32)35-15-7-5-6-12-31(2)3/h8-9,16,18-20,23H,4-7,10-15H2,1-3H3. The molecule has 1 saturated heterocycles. The second-order valence-corrected chi connectivity index (χ2v) is 9.31. The first-order chi connectivity index (χ1) is 17.1. The predicted octanol–water partition coefficient (Wildman–Crippen LogP) is 4.38. The van der Waals surface area contributed by atoms with E-state index in [1.807, 2.05) is 19.2 Å². The maximum absolute atomic E-state index is 9.55. The van der Waals surface area contributed by atoms with Crippen molar-refractivity contribution in [1.29, 1.82) is 5.26 Å². The van der Waals surface area contributed by atoms with Gasteiger partial charge in [0.15, 0.2) is 0 Å². The minimum absolute atomic E-state index is 0.347. The van der Waals surface area contributed by atoms with Gasteiger partial charge in [-0.15, -0.1) is 0 Å². The molecule has 0 unspecified atom stereocenters. The van der Waals surface area contributed by atoms with Crippen molar-refractivity contribution in [3.63, 3.8) is 0 Å². The summed E-state index contributed by atoms with van der Waals surface area (Å²) in [7, 11) is 4.24. The molecule has 4 heterocycles. The molecule has 0 spiro atoms. The lowest BCUT2D eigenvalue weighted by molar-refractivity contribution is 0.0345. The summed E-state index contributed by atoms with van der Waals surface area (Å²) in [4.78, 5) is 9.32. The van der Waals surface area contributed by atoms with E-state index < -0.39 is 0 Å². The lowest BCUT2D eigenvalue weighted by Gasteiger charge is -2.32. The third kappa shape index (κ3) is 6.30. The first-order valence-corrected chi connectivity index (χ1v) is 12.6. The van der Waals surface area contributed by atoms with Crippen LogP contribution in [-0.4, -0.2) is 72.5 Å². The Morgan fingerprint density at radius 1 is 1.14 bits per heavy atom. The van der Waals surface area contributed by atoms with Crippen LogP contribution in [0.2, 0.25) is 0 Å². The van der Waals surface area contributed by atoms with E-state index >= 15 is 0 Å². The molecule has 8 heteroatoms. The van der Waals surface area contributed by atoms with Crippen molar-refractivity contribution in [1.82, 2.24) is 19.5 Å². The fourth-order valence-electron chi connectivity index (χ4n) is 4.59. The number of anilines is 1. The summed E-state index contributed by atoms with van der Waals surface area (Å²) in [5, 5.41) is 13.9. The van der Waals surface area contributed by atoms with Crippen molar-refractivity contribution in [3.05, 3.63) is 42.4 Å². The van der Waals surface area contributed by atoms with Crippen molar-refractivity contribution in [2.45, 2.75) is 45.1 Å². The Bertz CT molecular complexity index is 1130. The van der Waals surface area contributed by atoms with Gasteiger partial charge in [-0.05, 0) is 77.9 Å². The van der Waals surface area contributed by atoms with Crippen LogP contribution >= 0.6 is 0 Å². The highest BCUT2D eigenvalue weighted by molar-refractivity contribution is 5.85. The molecule has 4 rings (SSSR count). The van der Waals surface area contributed by atoms with Gasteiger partial charge in [0.05, 0.1) is 36.2 Å². The molecule has 0 N–H and O–H groups in total. The van der Waals surface area contributed by atoms with Crippen LogP contribution in [0.4, 0.5) is 5.82 Å². The SMILES string of the molecule is CCOc1cc(-c2ccc(N3CCC(OCCCCCN(C)C)CC3)nc2)c2c(C#N)cnn2c1. The third-order valence-corrected chi connectivity index (χ3v) is 6.45. The Labute approximate surface area is 208 Å². The minimum Gasteiger partial charge on any atom is -0.492 e. The Morgan fingerprint density at radius 2 is 1.97 bits per heavy atom. The average molecular weight is 477 g/mol. The van der Waals surface area contributed by atoms with Gasteiger partial charge in [0, 0.05) is 37.0 Å². The molecule has 0 aromatic carbocycles. The number of unbranched alkanes of at least 4 members (excludes halogenated alkanes) is 2. The van der Waals surface area contributed by atoms with Crippen molar-refractivity contribution in [3.8, 4) is 22.9 Å². The molecule has 0 bridgehead atoms. The highest BCUT2D eigenvalue weighted by Crippen LogP contribution is 2.31.